The standard InChI is InChI=1S/C49H32N4/c1-4-13-33(14-5-1)39-19-12-20-41(31-39)53-44-22-11-10-21-42(44)46-43-32-40(28-25-35(43)29-30-45(46)53)34-23-26-38(27-24-34)49-51-47(36-15-6-2-7-16-36)50-48(52-49)37-17-8-3-9-18-37/h1-32H. The molecule has 2 heterocycles. The zero-order valence-corrected chi connectivity index (χ0v) is 28.8. The lowest BCUT2D eigenvalue weighted by Crippen LogP contribution is -2.00. The average molecular weight is 677 g/mol. The summed E-state index contributed by atoms with van der Waals surface area (Å²) in [4.78, 5) is 14.7. The quantitative estimate of drug-likeness (QED) is 0.176. The monoisotopic (exact) mass is 676 g/mol. The molecule has 8 aromatic carbocycles. The van der Waals surface area contributed by atoms with Crippen LogP contribution in [-0.4, -0.2) is 19.5 Å². The smallest absolute Gasteiger partial charge is 0.164 e. The van der Waals surface area contributed by atoms with E-state index in [-0.39, 0.29) is 0 Å². The van der Waals surface area contributed by atoms with Crippen LogP contribution in [0.2, 0.25) is 0 Å². The van der Waals surface area contributed by atoms with E-state index in [2.05, 4.69) is 138 Å². The summed E-state index contributed by atoms with van der Waals surface area (Å²) in [5.74, 6) is 1.96. The van der Waals surface area contributed by atoms with Crippen molar-refractivity contribution in [3.05, 3.63) is 194 Å². The van der Waals surface area contributed by atoms with Crippen molar-refractivity contribution in [2.75, 3.05) is 0 Å². The summed E-state index contributed by atoms with van der Waals surface area (Å²) in [6, 6.07) is 68.2. The first-order valence-electron chi connectivity index (χ1n) is 17.9. The SMILES string of the molecule is c1ccc(-c2cccc(-n3c4ccccc4c4c5cc(-c6ccc(-c7nc(-c8ccccc8)nc(-c8ccccc8)n7)cc6)ccc5ccc43)c2)cc1. The molecule has 0 saturated heterocycles. The first kappa shape index (κ1) is 30.6. The van der Waals surface area contributed by atoms with Gasteiger partial charge in [-0.2, -0.15) is 0 Å². The van der Waals surface area contributed by atoms with Crippen LogP contribution in [0, 0.1) is 0 Å². The van der Waals surface area contributed by atoms with E-state index in [0.29, 0.717) is 17.5 Å². The lowest BCUT2D eigenvalue weighted by molar-refractivity contribution is 1.07. The minimum absolute atomic E-state index is 0.647. The number of aromatic nitrogens is 4. The fourth-order valence-electron chi connectivity index (χ4n) is 7.45. The largest absolute Gasteiger partial charge is 0.309 e. The predicted octanol–water partition coefficient (Wildman–Crippen LogP) is 12.5. The lowest BCUT2D eigenvalue weighted by atomic mass is 9.97. The molecular weight excluding hydrogens is 645 g/mol. The molecule has 0 aliphatic heterocycles. The maximum Gasteiger partial charge on any atom is 0.164 e. The van der Waals surface area contributed by atoms with Gasteiger partial charge in [-0.15, -0.1) is 0 Å². The maximum atomic E-state index is 4.93. The number of hydrogen-bond acceptors (Lipinski definition) is 3. The highest BCUT2D eigenvalue weighted by Crippen LogP contribution is 2.39. The van der Waals surface area contributed by atoms with Crippen molar-refractivity contribution in [2.24, 2.45) is 0 Å². The molecule has 0 unspecified atom stereocenters. The van der Waals surface area contributed by atoms with Gasteiger partial charge in [0.05, 0.1) is 11.0 Å². The normalized spacial score (nSPS) is 11.4. The van der Waals surface area contributed by atoms with Crippen molar-refractivity contribution in [1.82, 2.24) is 19.5 Å². The molecule has 0 aliphatic carbocycles. The average Bonchev–Trinajstić information content (AvgIpc) is 3.59. The Balaban J connectivity index is 1.07. The molecule has 0 saturated carbocycles. The predicted molar refractivity (Wildman–Crippen MR) is 219 cm³/mol. The molecule has 2 aromatic heterocycles. The molecule has 0 amide bonds. The third kappa shape index (κ3) is 5.54. The summed E-state index contributed by atoms with van der Waals surface area (Å²) in [6.45, 7) is 0. The second-order valence-corrected chi connectivity index (χ2v) is 13.3. The molecule has 53 heavy (non-hydrogen) atoms. The summed E-state index contributed by atoms with van der Waals surface area (Å²) in [6.07, 6.45) is 0. The molecule has 10 rings (SSSR count). The van der Waals surface area contributed by atoms with E-state index in [1.807, 2.05) is 60.7 Å². The fourth-order valence-corrected chi connectivity index (χ4v) is 7.45. The van der Waals surface area contributed by atoms with Crippen molar-refractivity contribution >= 4 is 32.6 Å². The Morgan fingerprint density at radius 3 is 1.43 bits per heavy atom. The lowest BCUT2D eigenvalue weighted by Gasteiger charge is -2.11. The van der Waals surface area contributed by atoms with Crippen molar-refractivity contribution in [2.45, 2.75) is 0 Å². The van der Waals surface area contributed by atoms with Crippen LogP contribution in [0.3, 0.4) is 0 Å². The molecule has 0 aliphatic rings. The first-order valence-corrected chi connectivity index (χ1v) is 17.9. The van der Waals surface area contributed by atoms with Crippen molar-refractivity contribution < 1.29 is 0 Å². The van der Waals surface area contributed by atoms with E-state index >= 15 is 0 Å². The van der Waals surface area contributed by atoms with Crippen LogP contribution in [0.1, 0.15) is 0 Å². The van der Waals surface area contributed by atoms with Gasteiger partial charge in [0.1, 0.15) is 0 Å². The topological polar surface area (TPSA) is 43.6 Å². The van der Waals surface area contributed by atoms with Crippen LogP contribution in [0.25, 0.3) is 94.7 Å². The second kappa shape index (κ2) is 12.9. The molecular formula is C49H32N4. The van der Waals surface area contributed by atoms with Gasteiger partial charge in [0.2, 0.25) is 0 Å². The highest BCUT2D eigenvalue weighted by Gasteiger charge is 2.17. The number of para-hydroxylation sites is 1. The van der Waals surface area contributed by atoms with Crippen LogP contribution < -0.4 is 0 Å². The van der Waals surface area contributed by atoms with Crippen LogP contribution >= 0.6 is 0 Å². The van der Waals surface area contributed by atoms with Gasteiger partial charge < -0.3 is 4.57 Å². The molecule has 248 valence electrons. The van der Waals surface area contributed by atoms with Gasteiger partial charge in [0.25, 0.3) is 0 Å². The molecule has 0 spiro atoms. The van der Waals surface area contributed by atoms with Gasteiger partial charge >= 0.3 is 0 Å². The van der Waals surface area contributed by atoms with Crippen molar-refractivity contribution in [3.63, 3.8) is 0 Å². The summed E-state index contributed by atoms with van der Waals surface area (Å²) in [5, 5.41) is 4.94. The molecule has 4 heteroatoms. The Morgan fingerprint density at radius 2 is 0.774 bits per heavy atom. The Kier molecular flexibility index (Phi) is 7.43. The van der Waals surface area contributed by atoms with Gasteiger partial charge in [0, 0.05) is 33.2 Å². The Labute approximate surface area is 307 Å². The zero-order chi connectivity index (χ0) is 35.1. The van der Waals surface area contributed by atoms with Crippen LogP contribution in [0.5, 0.6) is 0 Å². The highest BCUT2D eigenvalue weighted by atomic mass is 15.0. The Hall–Kier alpha value is -7.17. The Morgan fingerprint density at radius 1 is 0.302 bits per heavy atom. The van der Waals surface area contributed by atoms with Gasteiger partial charge in [0.15, 0.2) is 17.5 Å². The molecule has 4 nitrogen and oxygen atoms in total. The molecule has 10 aromatic rings. The number of nitrogens with zero attached hydrogens (tertiary/aromatic N) is 4. The van der Waals surface area contributed by atoms with E-state index < -0.39 is 0 Å². The van der Waals surface area contributed by atoms with Crippen molar-refractivity contribution in [1.29, 1.82) is 0 Å². The fraction of sp³-hybridized carbons (Fsp3) is 0. The van der Waals surface area contributed by atoms with Crippen LogP contribution in [0.15, 0.2) is 194 Å². The maximum absolute atomic E-state index is 4.93. The second-order valence-electron chi connectivity index (χ2n) is 13.3. The third-order valence-electron chi connectivity index (χ3n) is 10.0. The molecule has 0 N–H and O–H groups in total. The molecule has 0 bridgehead atoms. The number of hydrogen-bond donors (Lipinski definition) is 0. The highest BCUT2D eigenvalue weighted by molar-refractivity contribution is 6.21. The number of rotatable bonds is 6. The summed E-state index contributed by atoms with van der Waals surface area (Å²) < 4.78 is 2.40. The van der Waals surface area contributed by atoms with E-state index in [9.17, 15) is 0 Å². The van der Waals surface area contributed by atoms with Crippen LogP contribution in [0.4, 0.5) is 0 Å². The first-order chi connectivity index (χ1) is 26.3. The minimum atomic E-state index is 0.647. The van der Waals surface area contributed by atoms with E-state index in [1.165, 1.54) is 43.7 Å². The summed E-state index contributed by atoms with van der Waals surface area (Å²) >= 11 is 0. The van der Waals surface area contributed by atoms with E-state index in [1.54, 1.807) is 0 Å². The van der Waals surface area contributed by atoms with Gasteiger partial charge in [-0.3, -0.25) is 0 Å². The molecule has 0 atom stereocenters. The molecule has 0 fully saturated rings. The van der Waals surface area contributed by atoms with E-state index in [4.69, 9.17) is 15.0 Å². The minimum Gasteiger partial charge on any atom is -0.309 e. The van der Waals surface area contributed by atoms with Gasteiger partial charge in [-0.05, 0) is 63.4 Å². The number of fused-ring (bicyclic) bond motifs is 5. The summed E-state index contributed by atoms with van der Waals surface area (Å²) in [7, 11) is 0. The zero-order valence-electron chi connectivity index (χ0n) is 28.8. The third-order valence-corrected chi connectivity index (χ3v) is 10.0. The number of benzene rings is 8. The Bertz CT molecular complexity index is 2860. The summed E-state index contributed by atoms with van der Waals surface area (Å²) in [5.41, 5.74) is 11.1. The van der Waals surface area contributed by atoms with Crippen LogP contribution in [-0.2, 0) is 0 Å². The molecule has 0 radical (unpaired) electrons. The van der Waals surface area contributed by atoms with E-state index in [0.717, 1.165) is 33.5 Å². The van der Waals surface area contributed by atoms with Gasteiger partial charge in [-0.1, -0.05) is 164 Å². The van der Waals surface area contributed by atoms with Gasteiger partial charge in [-0.25, -0.2) is 15.0 Å². The van der Waals surface area contributed by atoms with Crippen molar-refractivity contribution in [3.8, 4) is 62.1 Å².